The summed E-state index contributed by atoms with van der Waals surface area (Å²) in [5.41, 5.74) is 2.92. The van der Waals surface area contributed by atoms with Gasteiger partial charge in [0.2, 0.25) is 0 Å². The first-order valence-electron chi connectivity index (χ1n) is 5.58. The van der Waals surface area contributed by atoms with Crippen LogP contribution in [0.15, 0.2) is 36.5 Å². The number of benzene rings is 1. The summed E-state index contributed by atoms with van der Waals surface area (Å²) in [6.45, 7) is 2.44. The minimum atomic E-state index is 0.372. The van der Waals surface area contributed by atoms with E-state index in [1.165, 1.54) is 0 Å². The Labute approximate surface area is 117 Å². The van der Waals surface area contributed by atoms with Crippen molar-refractivity contribution in [2.24, 2.45) is 0 Å². The highest BCUT2D eigenvalue weighted by Crippen LogP contribution is 2.25. The van der Waals surface area contributed by atoms with E-state index in [4.69, 9.17) is 27.9 Å². The van der Waals surface area contributed by atoms with Crippen molar-refractivity contribution in [3.05, 3.63) is 58.4 Å². The van der Waals surface area contributed by atoms with E-state index < -0.39 is 0 Å². The van der Waals surface area contributed by atoms with Crippen molar-refractivity contribution >= 4 is 23.2 Å². The first kappa shape index (κ1) is 13.2. The Morgan fingerprint density at radius 1 is 1.28 bits per heavy atom. The number of aryl methyl sites for hydroxylation is 1. The van der Waals surface area contributed by atoms with Crippen molar-refractivity contribution in [2.45, 2.75) is 19.4 Å². The zero-order valence-corrected chi connectivity index (χ0v) is 11.5. The Bertz CT molecular complexity index is 543. The van der Waals surface area contributed by atoms with Gasteiger partial charge in [0.1, 0.15) is 12.4 Å². The van der Waals surface area contributed by atoms with Crippen LogP contribution in [-0.4, -0.2) is 4.98 Å². The molecule has 0 aliphatic rings. The Hall–Kier alpha value is -1.25. The van der Waals surface area contributed by atoms with Crippen molar-refractivity contribution in [3.63, 3.8) is 0 Å². The highest BCUT2D eigenvalue weighted by atomic mass is 35.5. The average Bonchev–Trinajstić information content (AvgIpc) is 2.39. The van der Waals surface area contributed by atoms with Crippen molar-refractivity contribution in [1.29, 1.82) is 0 Å². The molecular formula is C14H13Cl2NO. The van der Waals surface area contributed by atoms with Crippen LogP contribution in [-0.2, 0) is 12.5 Å². The Morgan fingerprint density at radius 3 is 2.83 bits per heavy atom. The van der Waals surface area contributed by atoms with Gasteiger partial charge in [0.05, 0.1) is 11.6 Å². The second-order valence-corrected chi connectivity index (χ2v) is 4.65. The van der Waals surface area contributed by atoms with Crippen LogP contribution >= 0.6 is 23.2 Å². The van der Waals surface area contributed by atoms with Crippen molar-refractivity contribution in [1.82, 2.24) is 4.98 Å². The van der Waals surface area contributed by atoms with E-state index in [1.807, 2.05) is 31.2 Å². The molecule has 0 N–H and O–H groups in total. The molecule has 2 rings (SSSR count). The van der Waals surface area contributed by atoms with Crippen LogP contribution in [0.5, 0.6) is 5.75 Å². The zero-order valence-electron chi connectivity index (χ0n) is 9.99. The molecule has 2 aromatic rings. The van der Waals surface area contributed by atoms with E-state index in [1.54, 1.807) is 12.3 Å². The van der Waals surface area contributed by atoms with Crippen LogP contribution < -0.4 is 4.74 Å². The predicted octanol–water partition coefficient (Wildman–Crippen LogP) is 4.36. The number of pyridine rings is 1. The molecule has 2 nitrogen and oxygen atoms in total. The molecule has 0 unspecified atom stereocenters. The summed E-state index contributed by atoms with van der Waals surface area (Å²) in [7, 11) is 0. The molecular weight excluding hydrogens is 269 g/mol. The van der Waals surface area contributed by atoms with Crippen molar-refractivity contribution < 1.29 is 4.74 Å². The fourth-order valence-electron chi connectivity index (χ4n) is 1.61. The first-order chi connectivity index (χ1) is 8.70. The lowest BCUT2D eigenvalue weighted by Crippen LogP contribution is -2.01. The molecule has 0 saturated heterocycles. The molecule has 94 valence electrons. The third kappa shape index (κ3) is 3.15. The lowest BCUT2D eigenvalue weighted by Gasteiger charge is -2.11. The summed E-state index contributed by atoms with van der Waals surface area (Å²) >= 11 is 11.8. The van der Waals surface area contributed by atoms with E-state index in [2.05, 4.69) is 4.98 Å². The molecule has 0 amide bonds. The third-order valence-corrected chi connectivity index (χ3v) is 3.17. The second-order valence-electron chi connectivity index (χ2n) is 3.94. The number of ether oxygens (including phenoxy) is 1. The minimum absolute atomic E-state index is 0.372. The standard InChI is InChI=1S/C14H13Cl2NO/c1-10-3-2-6-17-13(10)9-18-14-5-4-12(16)7-11(14)8-15/h2-7H,8-9H2,1H3. The fourth-order valence-corrected chi connectivity index (χ4v) is 2.01. The Kier molecular flexibility index (Phi) is 4.45. The fraction of sp³-hybridized carbons (Fsp3) is 0.214. The summed E-state index contributed by atoms with van der Waals surface area (Å²) in [6.07, 6.45) is 1.76. The van der Waals surface area contributed by atoms with Gasteiger partial charge >= 0.3 is 0 Å². The van der Waals surface area contributed by atoms with Crippen LogP contribution in [0.4, 0.5) is 0 Å². The number of nitrogens with zero attached hydrogens (tertiary/aromatic N) is 1. The van der Waals surface area contributed by atoms with Gasteiger partial charge in [-0.2, -0.15) is 0 Å². The summed E-state index contributed by atoms with van der Waals surface area (Å²) < 4.78 is 5.74. The summed E-state index contributed by atoms with van der Waals surface area (Å²) in [6, 6.07) is 9.35. The topological polar surface area (TPSA) is 22.1 Å². The van der Waals surface area contributed by atoms with Gasteiger partial charge in [0, 0.05) is 16.8 Å². The van der Waals surface area contributed by atoms with E-state index in [0.717, 1.165) is 22.6 Å². The normalized spacial score (nSPS) is 10.4. The van der Waals surface area contributed by atoms with Gasteiger partial charge in [0.15, 0.2) is 0 Å². The molecule has 4 heteroatoms. The van der Waals surface area contributed by atoms with Gasteiger partial charge in [0.25, 0.3) is 0 Å². The Morgan fingerprint density at radius 2 is 2.11 bits per heavy atom. The SMILES string of the molecule is Cc1cccnc1COc1ccc(Cl)cc1CCl. The molecule has 1 aromatic heterocycles. The first-order valence-corrected chi connectivity index (χ1v) is 6.49. The molecule has 0 aliphatic carbocycles. The maximum atomic E-state index is 5.91. The van der Waals surface area contributed by atoms with Gasteiger partial charge in [-0.05, 0) is 36.8 Å². The van der Waals surface area contributed by atoms with E-state index in [9.17, 15) is 0 Å². The summed E-state index contributed by atoms with van der Waals surface area (Å²) in [5, 5.41) is 0.659. The average molecular weight is 282 g/mol. The van der Waals surface area contributed by atoms with E-state index in [0.29, 0.717) is 17.5 Å². The molecule has 0 saturated carbocycles. The molecule has 0 radical (unpaired) electrons. The van der Waals surface area contributed by atoms with Crippen LogP contribution in [0.1, 0.15) is 16.8 Å². The highest BCUT2D eigenvalue weighted by molar-refractivity contribution is 6.30. The monoisotopic (exact) mass is 281 g/mol. The van der Waals surface area contributed by atoms with Gasteiger partial charge in [-0.3, -0.25) is 4.98 Å². The maximum Gasteiger partial charge on any atom is 0.130 e. The minimum Gasteiger partial charge on any atom is -0.487 e. The van der Waals surface area contributed by atoms with Crippen LogP contribution in [0.25, 0.3) is 0 Å². The molecule has 0 bridgehead atoms. The quantitative estimate of drug-likeness (QED) is 0.777. The maximum absolute atomic E-state index is 5.91. The molecule has 0 fully saturated rings. The molecule has 18 heavy (non-hydrogen) atoms. The molecule has 0 spiro atoms. The van der Waals surface area contributed by atoms with Gasteiger partial charge < -0.3 is 4.74 Å². The van der Waals surface area contributed by atoms with E-state index >= 15 is 0 Å². The number of alkyl halides is 1. The van der Waals surface area contributed by atoms with Gasteiger partial charge in [-0.1, -0.05) is 17.7 Å². The van der Waals surface area contributed by atoms with Crippen molar-refractivity contribution in [2.75, 3.05) is 0 Å². The number of rotatable bonds is 4. The molecule has 1 aromatic carbocycles. The molecule has 0 aliphatic heterocycles. The van der Waals surface area contributed by atoms with E-state index in [-0.39, 0.29) is 0 Å². The predicted molar refractivity (Wildman–Crippen MR) is 74.3 cm³/mol. The zero-order chi connectivity index (χ0) is 13.0. The lowest BCUT2D eigenvalue weighted by molar-refractivity contribution is 0.298. The van der Waals surface area contributed by atoms with Crippen LogP contribution in [0.2, 0.25) is 5.02 Å². The smallest absolute Gasteiger partial charge is 0.130 e. The van der Waals surface area contributed by atoms with Gasteiger partial charge in [-0.15, -0.1) is 11.6 Å². The van der Waals surface area contributed by atoms with Crippen LogP contribution in [0, 0.1) is 6.92 Å². The second kappa shape index (κ2) is 6.07. The Balaban J connectivity index is 2.13. The largest absolute Gasteiger partial charge is 0.487 e. The van der Waals surface area contributed by atoms with Gasteiger partial charge in [-0.25, -0.2) is 0 Å². The molecule has 0 atom stereocenters. The van der Waals surface area contributed by atoms with Crippen LogP contribution in [0.3, 0.4) is 0 Å². The summed E-state index contributed by atoms with van der Waals surface area (Å²) in [5.74, 6) is 1.12. The lowest BCUT2D eigenvalue weighted by atomic mass is 10.2. The number of aromatic nitrogens is 1. The number of hydrogen-bond donors (Lipinski definition) is 0. The number of hydrogen-bond acceptors (Lipinski definition) is 2. The molecule has 1 heterocycles. The number of halogens is 2. The van der Waals surface area contributed by atoms with Crippen molar-refractivity contribution in [3.8, 4) is 5.75 Å². The highest BCUT2D eigenvalue weighted by Gasteiger charge is 2.05. The summed E-state index contributed by atoms with van der Waals surface area (Å²) in [4.78, 5) is 4.28. The third-order valence-electron chi connectivity index (χ3n) is 2.65.